The molecule has 2 rings (SSSR count). The van der Waals surface area contributed by atoms with Crippen molar-refractivity contribution in [3.05, 3.63) is 101 Å². The van der Waals surface area contributed by atoms with Crippen molar-refractivity contribution in [3.8, 4) is 5.75 Å². The van der Waals surface area contributed by atoms with E-state index in [1.54, 1.807) is 12.2 Å². The molecule has 0 fully saturated rings. The number of alkyl halides is 6. The maximum Gasteiger partial charge on any atom is 0.410 e. The number of aliphatic hydroxyl groups excluding tert-OH is 1. The van der Waals surface area contributed by atoms with Crippen LogP contribution in [0.15, 0.2) is 95.1 Å². The van der Waals surface area contributed by atoms with E-state index in [0.29, 0.717) is 25.1 Å². The lowest BCUT2D eigenvalue weighted by molar-refractivity contribution is -0.289. The van der Waals surface area contributed by atoms with E-state index in [2.05, 4.69) is 6.58 Å². The average molecular weight is 554 g/mol. The number of benzene rings is 1. The third-order valence-corrected chi connectivity index (χ3v) is 5.75. The van der Waals surface area contributed by atoms with Crippen LogP contribution in [0, 0.1) is 0 Å². The quantitative estimate of drug-likeness (QED) is 0.281. The number of hydrogen-bond donors (Lipinski definition) is 1. The van der Waals surface area contributed by atoms with Crippen molar-refractivity contribution in [3.63, 3.8) is 0 Å². The van der Waals surface area contributed by atoms with Crippen LogP contribution in [0.25, 0.3) is 0 Å². The fourth-order valence-electron chi connectivity index (χ4n) is 3.63. The van der Waals surface area contributed by atoms with Crippen molar-refractivity contribution in [2.45, 2.75) is 51.9 Å². The molecule has 0 saturated heterocycles. The molecule has 1 N–H and O–H groups in total. The van der Waals surface area contributed by atoms with E-state index in [-0.39, 0.29) is 12.2 Å². The lowest BCUT2D eigenvalue weighted by Crippen LogP contribution is -2.54. The minimum absolute atomic E-state index is 0.163. The van der Waals surface area contributed by atoms with E-state index in [1.807, 2.05) is 6.92 Å². The third-order valence-electron chi connectivity index (χ3n) is 5.75. The molecule has 0 heterocycles. The molecule has 210 valence electrons. The summed E-state index contributed by atoms with van der Waals surface area (Å²) < 4.78 is 131. The van der Waals surface area contributed by atoms with Gasteiger partial charge in [0.15, 0.2) is 11.7 Å². The summed E-state index contributed by atoms with van der Waals surface area (Å²) in [4.78, 5) is 0. The molecule has 0 radical (unpaired) electrons. The highest BCUT2D eigenvalue weighted by Crippen LogP contribution is 2.56. The van der Waals surface area contributed by atoms with Gasteiger partial charge in [0, 0.05) is 5.57 Å². The molecular formula is C27H27F9O2. The fraction of sp³-hybridized carbons (Fsp3) is 0.333. The lowest BCUT2D eigenvalue weighted by atomic mass is 9.73. The van der Waals surface area contributed by atoms with Crippen molar-refractivity contribution in [2.24, 2.45) is 0 Å². The van der Waals surface area contributed by atoms with Crippen LogP contribution in [0.5, 0.6) is 5.75 Å². The molecule has 1 aromatic carbocycles. The summed E-state index contributed by atoms with van der Waals surface area (Å²) in [6.07, 6.45) is -7.20. The summed E-state index contributed by atoms with van der Waals surface area (Å²) in [5.41, 5.74) is -7.11. The number of ether oxygens (including phenoxy) is 1. The maximum absolute atomic E-state index is 14.5. The Bertz CT molecular complexity index is 1130. The summed E-state index contributed by atoms with van der Waals surface area (Å²) in [5.74, 6) is -5.22. The van der Waals surface area contributed by atoms with Gasteiger partial charge in [-0.2, -0.15) is 30.7 Å². The van der Waals surface area contributed by atoms with Gasteiger partial charge in [-0.25, -0.2) is 8.78 Å². The minimum Gasteiger partial charge on any atom is -0.458 e. The fourth-order valence-corrected chi connectivity index (χ4v) is 3.63. The zero-order valence-electron chi connectivity index (χ0n) is 21.0. The number of aliphatic hydroxyl groups is 1. The van der Waals surface area contributed by atoms with E-state index in [0.717, 1.165) is 25.1 Å². The predicted molar refractivity (Wildman–Crippen MR) is 127 cm³/mol. The van der Waals surface area contributed by atoms with E-state index in [4.69, 9.17) is 9.84 Å². The Morgan fingerprint density at radius 1 is 0.974 bits per heavy atom. The molecular weight excluding hydrogens is 527 g/mol. The van der Waals surface area contributed by atoms with Gasteiger partial charge in [-0.15, -0.1) is 0 Å². The molecule has 1 aromatic rings. The van der Waals surface area contributed by atoms with E-state index in [1.165, 1.54) is 6.92 Å². The Morgan fingerprint density at radius 2 is 1.50 bits per heavy atom. The van der Waals surface area contributed by atoms with Crippen molar-refractivity contribution >= 4 is 0 Å². The molecule has 0 aliphatic heterocycles. The van der Waals surface area contributed by atoms with Crippen molar-refractivity contribution in [1.82, 2.24) is 0 Å². The molecule has 0 unspecified atom stereocenters. The van der Waals surface area contributed by atoms with Crippen LogP contribution in [-0.4, -0.2) is 24.1 Å². The molecule has 2 nitrogen and oxygen atoms in total. The van der Waals surface area contributed by atoms with Crippen molar-refractivity contribution in [2.75, 3.05) is 6.61 Å². The van der Waals surface area contributed by atoms with Crippen LogP contribution >= 0.6 is 0 Å². The molecule has 1 aliphatic carbocycles. The molecule has 0 aromatic heterocycles. The van der Waals surface area contributed by atoms with E-state index >= 15 is 0 Å². The Labute approximate surface area is 214 Å². The monoisotopic (exact) mass is 554 g/mol. The first-order valence-corrected chi connectivity index (χ1v) is 11.1. The van der Waals surface area contributed by atoms with E-state index < -0.39 is 69.9 Å². The molecule has 0 amide bonds. The Balaban J connectivity index is 0.00000132. The molecule has 1 aliphatic rings. The van der Waals surface area contributed by atoms with Crippen LogP contribution < -0.4 is 4.74 Å². The SMILES string of the molecule is C/C=C\CO.C=CC1=C(F)C(F)=C(Oc2ccc(C(/C(C)=C/C)(C(F)(F)F)C(F)(F)F)cc2)CC(F)=C1C. The van der Waals surface area contributed by atoms with Gasteiger partial charge in [0.2, 0.25) is 5.41 Å². The van der Waals surface area contributed by atoms with Crippen LogP contribution in [-0.2, 0) is 5.41 Å². The van der Waals surface area contributed by atoms with Crippen LogP contribution in [0.3, 0.4) is 0 Å². The second-order valence-corrected chi connectivity index (χ2v) is 7.97. The summed E-state index contributed by atoms with van der Waals surface area (Å²) in [5, 5.41) is 7.98. The van der Waals surface area contributed by atoms with Gasteiger partial charge >= 0.3 is 12.4 Å². The average Bonchev–Trinajstić information content (AvgIpc) is 2.90. The zero-order valence-corrected chi connectivity index (χ0v) is 21.0. The number of hydrogen-bond acceptors (Lipinski definition) is 2. The second kappa shape index (κ2) is 13.0. The highest BCUT2D eigenvalue weighted by molar-refractivity contribution is 5.50. The molecule has 0 saturated carbocycles. The summed E-state index contributed by atoms with van der Waals surface area (Å²) in [7, 11) is 0. The smallest absolute Gasteiger partial charge is 0.410 e. The normalized spacial score (nSPS) is 16.0. The van der Waals surface area contributed by atoms with Crippen molar-refractivity contribution in [1.29, 1.82) is 0 Å². The Morgan fingerprint density at radius 3 is 1.87 bits per heavy atom. The maximum atomic E-state index is 14.5. The molecule has 38 heavy (non-hydrogen) atoms. The molecule has 0 spiro atoms. The minimum atomic E-state index is -5.74. The van der Waals surface area contributed by atoms with Gasteiger partial charge < -0.3 is 9.84 Å². The van der Waals surface area contributed by atoms with Gasteiger partial charge in [-0.3, -0.25) is 0 Å². The Kier molecular flexibility index (Phi) is 11.3. The summed E-state index contributed by atoms with van der Waals surface area (Å²) in [6, 6.07) is 2.52. The van der Waals surface area contributed by atoms with Crippen LogP contribution in [0.1, 0.15) is 39.7 Å². The van der Waals surface area contributed by atoms with Crippen molar-refractivity contribution < 1.29 is 49.4 Å². The molecule has 0 bridgehead atoms. The Hall–Kier alpha value is -3.21. The van der Waals surface area contributed by atoms with Crippen LogP contribution in [0.2, 0.25) is 0 Å². The number of halogens is 9. The van der Waals surface area contributed by atoms with Gasteiger partial charge in [-0.05, 0) is 56.5 Å². The number of allylic oxidation sites excluding steroid dienone is 9. The van der Waals surface area contributed by atoms with Gasteiger partial charge in [-0.1, -0.05) is 43.0 Å². The molecule has 11 heteroatoms. The first-order chi connectivity index (χ1) is 17.5. The second-order valence-electron chi connectivity index (χ2n) is 7.97. The largest absolute Gasteiger partial charge is 0.458 e. The highest BCUT2D eigenvalue weighted by Gasteiger charge is 2.72. The summed E-state index contributed by atoms with van der Waals surface area (Å²) in [6.45, 7) is 8.26. The molecule has 0 atom stereocenters. The van der Waals surface area contributed by atoms with Crippen LogP contribution in [0.4, 0.5) is 39.5 Å². The van der Waals surface area contributed by atoms with Gasteiger partial charge in [0.1, 0.15) is 17.3 Å². The number of rotatable bonds is 6. The highest BCUT2D eigenvalue weighted by atomic mass is 19.4. The predicted octanol–water partition coefficient (Wildman–Crippen LogP) is 9.19. The topological polar surface area (TPSA) is 29.5 Å². The first-order valence-electron chi connectivity index (χ1n) is 11.1. The van der Waals surface area contributed by atoms with E-state index in [9.17, 15) is 39.5 Å². The third kappa shape index (κ3) is 6.61. The first kappa shape index (κ1) is 32.8. The summed E-state index contributed by atoms with van der Waals surface area (Å²) >= 11 is 0. The van der Waals surface area contributed by atoms with Gasteiger partial charge in [0.25, 0.3) is 0 Å². The standard InChI is InChI=1S/C23H19F9O.C4H8O/c1-5-12(3)21(22(27,28)29,23(30,31)32)14-7-9-15(10-8-14)33-18-11-17(24)13(4)16(6-2)19(25)20(18)26;1-2-3-4-5/h5-10H,2,11H2,1,3-4H3;2-3,5H,4H2,1H3/b12-5+;3-2-. The van der Waals surface area contributed by atoms with Gasteiger partial charge in [0.05, 0.1) is 13.0 Å². The zero-order chi connectivity index (χ0) is 29.5. The lowest BCUT2D eigenvalue weighted by Gasteiger charge is -2.38.